The molecule has 110 valence electrons. The molecule has 4 heteroatoms. The SMILES string of the molecule is CCSC1=C(C#N)[C@@H](c2ccc(C(C)C)cc2)CC(=O)N1. The second-order valence-electron chi connectivity index (χ2n) is 5.41. The second kappa shape index (κ2) is 6.82. The first-order valence-electron chi connectivity index (χ1n) is 7.23. The Morgan fingerprint density at radius 2 is 2.05 bits per heavy atom. The number of carbonyl (C=O) groups is 1. The van der Waals surface area contributed by atoms with Gasteiger partial charge >= 0.3 is 0 Å². The highest BCUT2D eigenvalue weighted by Gasteiger charge is 2.29. The van der Waals surface area contributed by atoms with Crippen molar-refractivity contribution < 1.29 is 4.79 Å². The number of carbonyl (C=O) groups excluding carboxylic acids is 1. The van der Waals surface area contributed by atoms with Crippen molar-refractivity contribution in [3.63, 3.8) is 0 Å². The highest BCUT2D eigenvalue weighted by atomic mass is 32.2. The summed E-state index contributed by atoms with van der Waals surface area (Å²) < 4.78 is 0. The highest BCUT2D eigenvalue weighted by Crippen LogP contribution is 2.36. The summed E-state index contributed by atoms with van der Waals surface area (Å²) in [5.74, 6) is 1.17. The summed E-state index contributed by atoms with van der Waals surface area (Å²) in [4.78, 5) is 11.9. The molecule has 2 rings (SSSR count). The van der Waals surface area contributed by atoms with Crippen LogP contribution in [0, 0.1) is 11.3 Å². The number of nitrogens with zero attached hydrogens (tertiary/aromatic N) is 1. The first-order valence-corrected chi connectivity index (χ1v) is 8.22. The van der Waals surface area contributed by atoms with E-state index in [4.69, 9.17) is 0 Å². The normalized spacial score (nSPS) is 18.6. The minimum Gasteiger partial charge on any atom is -0.320 e. The lowest BCUT2D eigenvalue weighted by Gasteiger charge is -2.25. The van der Waals surface area contributed by atoms with Crippen molar-refractivity contribution in [1.29, 1.82) is 5.26 Å². The van der Waals surface area contributed by atoms with E-state index in [0.717, 1.165) is 11.3 Å². The van der Waals surface area contributed by atoms with Gasteiger partial charge < -0.3 is 5.32 Å². The molecule has 0 unspecified atom stereocenters. The molecule has 1 N–H and O–H groups in total. The van der Waals surface area contributed by atoms with Crippen molar-refractivity contribution in [2.75, 3.05) is 5.75 Å². The molecule has 0 bridgehead atoms. The van der Waals surface area contributed by atoms with E-state index >= 15 is 0 Å². The topological polar surface area (TPSA) is 52.9 Å². The summed E-state index contributed by atoms with van der Waals surface area (Å²) in [7, 11) is 0. The van der Waals surface area contributed by atoms with Gasteiger partial charge in [0.15, 0.2) is 0 Å². The maximum Gasteiger partial charge on any atom is 0.225 e. The van der Waals surface area contributed by atoms with Crippen LogP contribution in [-0.4, -0.2) is 11.7 Å². The molecule has 0 saturated carbocycles. The number of rotatable bonds is 4. The molecule has 1 amide bonds. The third kappa shape index (κ3) is 3.48. The Bertz CT molecular complexity index is 596. The summed E-state index contributed by atoms with van der Waals surface area (Å²) in [6.45, 7) is 6.32. The van der Waals surface area contributed by atoms with Crippen LogP contribution in [0.3, 0.4) is 0 Å². The molecule has 1 aromatic rings. The lowest BCUT2D eigenvalue weighted by Crippen LogP contribution is -2.30. The average molecular weight is 300 g/mol. The number of amides is 1. The van der Waals surface area contributed by atoms with E-state index in [0.29, 0.717) is 22.9 Å². The first-order chi connectivity index (χ1) is 10.1. The van der Waals surface area contributed by atoms with Gasteiger partial charge in [-0.3, -0.25) is 4.79 Å². The van der Waals surface area contributed by atoms with Crippen LogP contribution in [0.2, 0.25) is 0 Å². The fraction of sp³-hybridized carbons (Fsp3) is 0.412. The summed E-state index contributed by atoms with van der Waals surface area (Å²) in [5.41, 5.74) is 2.99. The van der Waals surface area contributed by atoms with Gasteiger partial charge in [-0.2, -0.15) is 5.26 Å². The summed E-state index contributed by atoms with van der Waals surface area (Å²) in [6, 6.07) is 10.6. The van der Waals surface area contributed by atoms with Gasteiger partial charge in [-0.1, -0.05) is 45.0 Å². The van der Waals surface area contributed by atoms with E-state index in [2.05, 4.69) is 37.4 Å². The molecular formula is C17H20N2OS. The number of benzene rings is 1. The molecule has 21 heavy (non-hydrogen) atoms. The number of hydrogen-bond donors (Lipinski definition) is 1. The van der Waals surface area contributed by atoms with E-state index in [9.17, 15) is 10.1 Å². The molecule has 0 aliphatic carbocycles. The zero-order valence-electron chi connectivity index (χ0n) is 12.6. The van der Waals surface area contributed by atoms with E-state index in [1.54, 1.807) is 0 Å². The lowest BCUT2D eigenvalue weighted by atomic mass is 9.86. The maximum atomic E-state index is 11.9. The van der Waals surface area contributed by atoms with Crippen LogP contribution in [0.5, 0.6) is 0 Å². The van der Waals surface area contributed by atoms with Crippen LogP contribution >= 0.6 is 11.8 Å². The monoisotopic (exact) mass is 300 g/mol. The van der Waals surface area contributed by atoms with Gasteiger partial charge in [0, 0.05) is 12.3 Å². The number of hydrogen-bond acceptors (Lipinski definition) is 3. The quantitative estimate of drug-likeness (QED) is 0.917. The smallest absolute Gasteiger partial charge is 0.225 e. The third-order valence-corrected chi connectivity index (χ3v) is 4.55. The Kier molecular flexibility index (Phi) is 5.08. The van der Waals surface area contributed by atoms with Crippen LogP contribution < -0.4 is 5.32 Å². The number of allylic oxidation sites excluding steroid dienone is 1. The molecule has 0 aromatic heterocycles. The van der Waals surface area contributed by atoms with E-state index in [-0.39, 0.29) is 11.8 Å². The van der Waals surface area contributed by atoms with Gasteiger partial charge in [0.1, 0.15) is 0 Å². The van der Waals surface area contributed by atoms with Crippen LogP contribution in [0.15, 0.2) is 34.9 Å². The molecule has 1 atom stereocenters. The zero-order chi connectivity index (χ0) is 15.4. The summed E-state index contributed by atoms with van der Waals surface area (Å²) >= 11 is 1.52. The predicted octanol–water partition coefficient (Wildman–Crippen LogP) is 3.90. The van der Waals surface area contributed by atoms with Crippen LogP contribution in [0.4, 0.5) is 0 Å². The molecule has 0 fully saturated rings. The second-order valence-corrected chi connectivity index (χ2v) is 6.69. The Morgan fingerprint density at radius 1 is 1.38 bits per heavy atom. The molecule has 0 radical (unpaired) electrons. The minimum absolute atomic E-state index is 0.0112. The molecule has 0 spiro atoms. The fourth-order valence-corrected chi connectivity index (χ4v) is 3.29. The molecule has 0 saturated heterocycles. The van der Waals surface area contributed by atoms with Crippen molar-refractivity contribution in [2.45, 2.75) is 39.0 Å². The number of thioether (sulfide) groups is 1. The Labute approximate surface area is 130 Å². The van der Waals surface area contributed by atoms with Gasteiger partial charge in [0.2, 0.25) is 5.91 Å². The fourth-order valence-electron chi connectivity index (χ4n) is 2.48. The van der Waals surface area contributed by atoms with Gasteiger partial charge in [-0.15, -0.1) is 11.8 Å². The molecule has 1 aliphatic heterocycles. The van der Waals surface area contributed by atoms with Crippen molar-refractivity contribution in [2.24, 2.45) is 0 Å². The van der Waals surface area contributed by atoms with Crippen LogP contribution in [-0.2, 0) is 4.79 Å². The molecular weight excluding hydrogens is 280 g/mol. The predicted molar refractivity (Wildman–Crippen MR) is 86.8 cm³/mol. The standard InChI is InChI=1S/C17H20N2OS/c1-4-21-17-15(10-18)14(9-16(20)19-17)13-7-5-12(6-8-13)11(2)3/h5-8,11,14H,4,9H2,1-3H3,(H,19,20)/t14-/m1/s1. The van der Waals surface area contributed by atoms with Crippen molar-refractivity contribution in [3.8, 4) is 6.07 Å². The van der Waals surface area contributed by atoms with Gasteiger partial charge in [0.05, 0.1) is 16.7 Å². The van der Waals surface area contributed by atoms with Crippen LogP contribution in [0.25, 0.3) is 0 Å². The molecule has 1 aromatic carbocycles. The number of nitrogens with one attached hydrogen (secondary N) is 1. The molecule has 1 aliphatic rings. The third-order valence-electron chi connectivity index (χ3n) is 3.65. The Balaban J connectivity index is 2.38. The first kappa shape index (κ1) is 15.7. The molecule has 3 nitrogen and oxygen atoms in total. The number of nitriles is 1. The van der Waals surface area contributed by atoms with Gasteiger partial charge in [-0.25, -0.2) is 0 Å². The van der Waals surface area contributed by atoms with E-state index < -0.39 is 0 Å². The maximum absolute atomic E-state index is 11.9. The lowest BCUT2D eigenvalue weighted by molar-refractivity contribution is -0.120. The molecule has 1 heterocycles. The highest BCUT2D eigenvalue weighted by molar-refractivity contribution is 8.03. The van der Waals surface area contributed by atoms with Crippen molar-refractivity contribution in [1.82, 2.24) is 5.32 Å². The van der Waals surface area contributed by atoms with E-state index in [1.165, 1.54) is 17.3 Å². The van der Waals surface area contributed by atoms with Crippen LogP contribution in [0.1, 0.15) is 50.2 Å². The average Bonchev–Trinajstić information content (AvgIpc) is 2.47. The van der Waals surface area contributed by atoms with Crippen molar-refractivity contribution >= 4 is 17.7 Å². The van der Waals surface area contributed by atoms with Gasteiger partial charge in [0.25, 0.3) is 0 Å². The Hall–Kier alpha value is -1.73. The van der Waals surface area contributed by atoms with E-state index in [1.807, 2.05) is 19.1 Å². The van der Waals surface area contributed by atoms with Gasteiger partial charge in [-0.05, 0) is 22.8 Å². The Morgan fingerprint density at radius 3 is 2.57 bits per heavy atom. The minimum atomic E-state index is -0.126. The van der Waals surface area contributed by atoms with Crippen molar-refractivity contribution in [3.05, 3.63) is 46.0 Å². The summed E-state index contributed by atoms with van der Waals surface area (Å²) in [6.07, 6.45) is 0.345. The summed E-state index contributed by atoms with van der Waals surface area (Å²) in [5, 5.41) is 13.0. The zero-order valence-corrected chi connectivity index (χ0v) is 13.5. The largest absolute Gasteiger partial charge is 0.320 e.